The molecule has 1 aliphatic rings. The van der Waals surface area contributed by atoms with Crippen LogP contribution in [0.5, 0.6) is 11.5 Å². The van der Waals surface area contributed by atoms with Gasteiger partial charge in [-0.1, -0.05) is 50.1 Å². The maximum absolute atomic E-state index is 12.2. The normalized spacial score (nSPS) is 17.3. The van der Waals surface area contributed by atoms with Gasteiger partial charge in [-0.25, -0.2) is 0 Å². The molecule has 164 valence electrons. The molecule has 0 aromatic heterocycles. The summed E-state index contributed by atoms with van der Waals surface area (Å²) in [6.45, 7) is 2.95. The van der Waals surface area contributed by atoms with Crippen molar-refractivity contribution in [2.45, 2.75) is 44.3 Å². The van der Waals surface area contributed by atoms with Crippen molar-refractivity contribution in [1.29, 1.82) is 0 Å². The number of rotatable bonds is 11. The molecule has 6 nitrogen and oxygen atoms in total. The molecule has 2 aromatic carbocycles. The van der Waals surface area contributed by atoms with E-state index in [9.17, 15) is 4.79 Å². The lowest BCUT2D eigenvalue weighted by Gasteiger charge is -2.07. The number of methoxy groups -OCH3 is 1. The monoisotopic (exact) mass is 439 g/mol. The predicted octanol–water partition coefficient (Wildman–Crippen LogP) is 4.82. The minimum atomic E-state index is -0.227. The Bertz CT molecular complexity index is 913. The van der Waals surface area contributed by atoms with Crippen molar-refractivity contribution in [3.05, 3.63) is 59.7 Å². The van der Waals surface area contributed by atoms with E-state index in [0.29, 0.717) is 11.6 Å². The number of unbranched alkanes of at least 4 members (excludes halogenated alkanes) is 3. The molecule has 1 heterocycles. The second kappa shape index (κ2) is 12.2. The molecule has 0 spiro atoms. The fourth-order valence-corrected chi connectivity index (χ4v) is 4.08. The standard InChI is InChI=1S/C24H29N3O3S/c1-3-4-5-6-14-30-20-12-10-18(11-13-20)17-25-27-24-26-23(28)22(31-24)16-19-8-7-9-21(15-19)29-2/h7-13,15,17,22H,3-6,14,16H2,1-2H3,(H,26,27,28)/b25-17-/t22-/m1/s1. The van der Waals surface area contributed by atoms with Gasteiger partial charge in [-0.2, -0.15) is 5.10 Å². The Labute approximate surface area is 188 Å². The molecule has 1 saturated heterocycles. The predicted molar refractivity (Wildman–Crippen MR) is 127 cm³/mol. The number of hydrogen-bond donors (Lipinski definition) is 1. The molecule has 3 rings (SSSR count). The minimum absolute atomic E-state index is 0.0535. The molecule has 1 fully saturated rings. The number of hydrogen-bond acceptors (Lipinski definition) is 6. The molecule has 0 unspecified atom stereocenters. The van der Waals surface area contributed by atoms with Crippen molar-refractivity contribution in [3.8, 4) is 11.5 Å². The van der Waals surface area contributed by atoms with Crippen molar-refractivity contribution in [2.75, 3.05) is 13.7 Å². The zero-order chi connectivity index (χ0) is 21.9. The number of ether oxygens (including phenoxy) is 2. The molecule has 0 radical (unpaired) electrons. The molecule has 1 aliphatic heterocycles. The fraction of sp³-hybridized carbons (Fsp3) is 0.375. The third kappa shape index (κ3) is 7.43. The Morgan fingerprint density at radius 3 is 2.71 bits per heavy atom. The molecule has 1 atom stereocenters. The Hall–Kier alpha value is -2.80. The Morgan fingerprint density at radius 2 is 1.94 bits per heavy atom. The van der Waals surface area contributed by atoms with E-state index < -0.39 is 0 Å². The van der Waals surface area contributed by atoms with Crippen LogP contribution in [0.1, 0.15) is 43.7 Å². The lowest BCUT2D eigenvalue weighted by atomic mass is 10.1. The van der Waals surface area contributed by atoms with Crippen LogP contribution in [-0.2, 0) is 11.2 Å². The highest BCUT2D eigenvalue weighted by molar-refractivity contribution is 8.15. The van der Waals surface area contributed by atoms with Gasteiger partial charge in [0.05, 0.1) is 25.2 Å². The van der Waals surface area contributed by atoms with Crippen LogP contribution in [0.2, 0.25) is 0 Å². The number of carbonyl (C=O) groups is 1. The summed E-state index contributed by atoms with van der Waals surface area (Å²) in [5.41, 5.74) is 1.97. The molecule has 0 saturated carbocycles. The number of amidine groups is 1. The average Bonchev–Trinajstić information content (AvgIpc) is 3.13. The number of benzene rings is 2. The van der Waals surface area contributed by atoms with Crippen LogP contribution >= 0.6 is 11.8 Å². The summed E-state index contributed by atoms with van der Waals surface area (Å²) in [6, 6.07) is 15.5. The summed E-state index contributed by atoms with van der Waals surface area (Å²) in [5.74, 6) is 1.59. The van der Waals surface area contributed by atoms with Crippen molar-refractivity contribution in [3.63, 3.8) is 0 Å². The number of nitrogens with zero attached hydrogens (tertiary/aromatic N) is 2. The minimum Gasteiger partial charge on any atom is -0.497 e. The van der Waals surface area contributed by atoms with Crippen LogP contribution in [0.25, 0.3) is 0 Å². The highest BCUT2D eigenvalue weighted by Gasteiger charge is 2.30. The summed E-state index contributed by atoms with van der Waals surface area (Å²) in [5, 5.41) is 11.4. The zero-order valence-corrected chi connectivity index (χ0v) is 18.9. The molecule has 7 heteroatoms. The van der Waals surface area contributed by atoms with Crippen molar-refractivity contribution < 1.29 is 14.3 Å². The third-order valence-corrected chi connectivity index (χ3v) is 5.91. The second-order valence-corrected chi connectivity index (χ2v) is 8.47. The van der Waals surface area contributed by atoms with Gasteiger partial charge in [0.1, 0.15) is 11.5 Å². The average molecular weight is 440 g/mol. The fourth-order valence-electron chi connectivity index (χ4n) is 3.12. The lowest BCUT2D eigenvalue weighted by Crippen LogP contribution is -2.25. The summed E-state index contributed by atoms with van der Waals surface area (Å²) >= 11 is 1.39. The van der Waals surface area contributed by atoms with Gasteiger partial charge in [0.2, 0.25) is 5.91 Å². The van der Waals surface area contributed by atoms with Gasteiger partial charge in [-0.05, 0) is 60.4 Å². The number of carbonyl (C=O) groups excluding carboxylic acids is 1. The molecule has 31 heavy (non-hydrogen) atoms. The van der Waals surface area contributed by atoms with Crippen LogP contribution < -0.4 is 14.8 Å². The van der Waals surface area contributed by atoms with Gasteiger partial charge in [-0.15, -0.1) is 5.10 Å². The molecule has 0 aliphatic carbocycles. The molecule has 2 aromatic rings. The van der Waals surface area contributed by atoms with E-state index in [1.54, 1.807) is 13.3 Å². The van der Waals surface area contributed by atoms with E-state index in [0.717, 1.165) is 35.7 Å². The molecule has 1 amide bonds. The Kier molecular flexibility index (Phi) is 8.97. The SMILES string of the molecule is CCCCCCOc1ccc(/C=N\N=C2/NC(=O)[C@@H](Cc3cccc(OC)c3)S2)cc1. The van der Waals surface area contributed by atoms with Crippen LogP contribution in [-0.4, -0.2) is 36.3 Å². The van der Waals surface area contributed by atoms with Gasteiger partial charge in [-0.3, -0.25) is 4.79 Å². The summed E-state index contributed by atoms with van der Waals surface area (Å²) in [4.78, 5) is 12.2. The van der Waals surface area contributed by atoms with E-state index in [1.165, 1.54) is 31.0 Å². The summed E-state index contributed by atoms with van der Waals surface area (Å²) in [6.07, 6.45) is 7.04. The maximum atomic E-state index is 12.2. The van der Waals surface area contributed by atoms with E-state index in [4.69, 9.17) is 9.47 Å². The first-order valence-corrected chi connectivity index (χ1v) is 11.5. The van der Waals surface area contributed by atoms with Crippen molar-refractivity contribution >= 4 is 29.1 Å². The Balaban J connectivity index is 1.48. The topological polar surface area (TPSA) is 72.3 Å². The zero-order valence-electron chi connectivity index (χ0n) is 18.0. The highest BCUT2D eigenvalue weighted by atomic mass is 32.2. The van der Waals surface area contributed by atoms with Crippen molar-refractivity contribution in [1.82, 2.24) is 5.32 Å². The first-order valence-electron chi connectivity index (χ1n) is 10.6. The van der Waals surface area contributed by atoms with Gasteiger partial charge in [0.15, 0.2) is 5.17 Å². The smallest absolute Gasteiger partial charge is 0.239 e. The molecular formula is C24H29N3O3S. The number of amides is 1. The first kappa shape index (κ1) is 22.9. The van der Waals surface area contributed by atoms with Gasteiger partial charge in [0, 0.05) is 0 Å². The van der Waals surface area contributed by atoms with E-state index in [1.807, 2.05) is 48.5 Å². The quantitative estimate of drug-likeness (QED) is 0.310. The number of nitrogens with one attached hydrogen (secondary N) is 1. The molecule has 0 bridgehead atoms. The summed E-state index contributed by atoms with van der Waals surface area (Å²) < 4.78 is 11.0. The van der Waals surface area contributed by atoms with E-state index >= 15 is 0 Å². The molecular weight excluding hydrogens is 410 g/mol. The summed E-state index contributed by atoms with van der Waals surface area (Å²) in [7, 11) is 1.63. The van der Waals surface area contributed by atoms with Gasteiger partial charge < -0.3 is 14.8 Å². The van der Waals surface area contributed by atoms with Crippen LogP contribution in [0.3, 0.4) is 0 Å². The number of thioether (sulfide) groups is 1. The first-order chi connectivity index (χ1) is 15.2. The van der Waals surface area contributed by atoms with Crippen LogP contribution in [0.15, 0.2) is 58.7 Å². The highest BCUT2D eigenvalue weighted by Crippen LogP contribution is 2.25. The maximum Gasteiger partial charge on any atom is 0.239 e. The molecule has 1 N–H and O–H groups in total. The van der Waals surface area contributed by atoms with Gasteiger partial charge >= 0.3 is 0 Å². The third-order valence-electron chi connectivity index (χ3n) is 4.83. The van der Waals surface area contributed by atoms with E-state index in [-0.39, 0.29) is 11.2 Å². The lowest BCUT2D eigenvalue weighted by molar-refractivity contribution is -0.118. The van der Waals surface area contributed by atoms with Crippen LogP contribution in [0, 0.1) is 0 Å². The second-order valence-electron chi connectivity index (χ2n) is 7.28. The van der Waals surface area contributed by atoms with Gasteiger partial charge in [0.25, 0.3) is 0 Å². The Morgan fingerprint density at radius 1 is 1.10 bits per heavy atom. The van der Waals surface area contributed by atoms with E-state index in [2.05, 4.69) is 22.4 Å². The van der Waals surface area contributed by atoms with Crippen LogP contribution in [0.4, 0.5) is 0 Å². The van der Waals surface area contributed by atoms with Crippen molar-refractivity contribution in [2.24, 2.45) is 10.2 Å². The largest absolute Gasteiger partial charge is 0.497 e.